The molecular formula is C34H43N2O4S2+. The highest BCUT2D eigenvalue weighted by molar-refractivity contribution is 8.32. The number of rotatable bonds is 10. The molecule has 0 aliphatic heterocycles. The largest absolute Gasteiger partial charge is 0.488 e. The maximum atomic E-state index is 14.2. The minimum atomic E-state index is -4.07. The van der Waals surface area contributed by atoms with E-state index in [-0.39, 0.29) is 10.5 Å². The molecule has 0 spiro atoms. The molecule has 0 atom stereocenters. The Morgan fingerprint density at radius 1 is 0.619 bits per heavy atom. The van der Waals surface area contributed by atoms with Gasteiger partial charge in [0.15, 0.2) is 0 Å². The molecule has 1 N–H and O–H groups in total. The second-order valence-electron chi connectivity index (χ2n) is 11.6. The van der Waals surface area contributed by atoms with Gasteiger partial charge in [0.1, 0.15) is 16.2 Å². The summed E-state index contributed by atoms with van der Waals surface area (Å²) in [5.41, 5.74) is 2.73. The first-order valence-corrected chi connectivity index (χ1v) is 17.0. The second kappa shape index (κ2) is 12.4. The van der Waals surface area contributed by atoms with Crippen LogP contribution in [0.1, 0.15) is 33.3 Å². The summed E-state index contributed by atoms with van der Waals surface area (Å²) in [6.07, 6.45) is 0.825. The van der Waals surface area contributed by atoms with Crippen molar-refractivity contribution >= 4 is 31.8 Å². The van der Waals surface area contributed by atoms with Gasteiger partial charge in [-0.05, 0) is 118 Å². The number of hydrogen-bond acceptors (Lipinski definition) is 5. The summed E-state index contributed by atoms with van der Waals surface area (Å²) < 4.78 is 39.4. The molecule has 42 heavy (non-hydrogen) atoms. The minimum absolute atomic E-state index is 0.180. The van der Waals surface area contributed by atoms with Crippen LogP contribution in [0, 0.1) is 0 Å². The molecule has 8 heteroatoms. The minimum Gasteiger partial charge on any atom is -0.488 e. The summed E-state index contributed by atoms with van der Waals surface area (Å²) in [5.74, 6) is 0.712. The number of hydrogen-bond donors (Lipinski definition) is 0. The van der Waals surface area contributed by atoms with Crippen molar-refractivity contribution in [1.29, 1.82) is 0 Å². The fourth-order valence-corrected chi connectivity index (χ4v) is 10.0. The zero-order valence-corrected chi connectivity index (χ0v) is 27.5. The third-order valence-corrected chi connectivity index (χ3v) is 12.2. The predicted molar refractivity (Wildman–Crippen MR) is 176 cm³/mol. The summed E-state index contributed by atoms with van der Waals surface area (Å²) in [7, 11) is 1.21. The lowest BCUT2D eigenvalue weighted by Gasteiger charge is -2.35. The Balaban J connectivity index is 1.99. The zero-order chi connectivity index (χ0) is 30.7. The van der Waals surface area contributed by atoms with E-state index in [9.17, 15) is 8.42 Å². The molecular weight excluding hydrogens is 565 g/mol. The summed E-state index contributed by atoms with van der Waals surface area (Å²) in [6.45, 7) is 8.05. The third kappa shape index (κ3) is 6.94. The SMILES string of the molecule is CCc1ccc(S(=O)(=O)[OH+]S(c2ccc(OC(C)(C)C)cc2)(c2ccc(N(C)C)cc2)c2ccc(N(C)C)cc2)cc1. The van der Waals surface area contributed by atoms with E-state index >= 15 is 0 Å². The van der Waals surface area contributed by atoms with Crippen molar-refractivity contribution in [3.05, 3.63) is 103 Å². The summed E-state index contributed by atoms with van der Waals surface area (Å²) >= 11 is 0. The van der Waals surface area contributed by atoms with Gasteiger partial charge in [-0.2, -0.15) is 0 Å². The van der Waals surface area contributed by atoms with E-state index in [1.807, 2.05) is 151 Å². The van der Waals surface area contributed by atoms with Crippen molar-refractivity contribution in [2.75, 3.05) is 38.0 Å². The number of anilines is 2. The molecule has 0 fully saturated rings. The smallest absolute Gasteiger partial charge is 0.422 e. The van der Waals surface area contributed by atoms with Crippen LogP contribution in [0.2, 0.25) is 0 Å². The second-order valence-corrected chi connectivity index (χ2v) is 16.2. The molecule has 0 saturated carbocycles. The molecule has 0 amide bonds. The molecule has 0 heterocycles. The molecule has 0 aliphatic rings. The molecule has 0 saturated heterocycles. The summed E-state index contributed by atoms with van der Waals surface area (Å²) in [4.78, 5) is 6.67. The Labute approximate surface area is 253 Å². The summed E-state index contributed by atoms with van der Waals surface area (Å²) in [5, 5.41) is 0. The highest BCUT2D eigenvalue weighted by Crippen LogP contribution is 2.69. The van der Waals surface area contributed by atoms with Crippen molar-refractivity contribution in [2.24, 2.45) is 0 Å². The Bertz CT molecular complexity index is 1520. The first-order chi connectivity index (χ1) is 19.7. The third-order valence-electron chi connectivity index (χ3n) is 6.82. The lowest BCUT2D eigenvalue weighted by molar-refractivity contribution is 0.131. The predicted octanol–water partition coefficient (Wildman–Crippen LogP) is 8.24. The van der Waals surface area contributed by atoms with Crippen LogP contribution >= 0.6 is 10.3 Å². The van der Waals surface area contributed by atoms with E-state index in [1.165, 1.54) is 0 Å². The number of nitrogens with zero attached hydrogens (tertiary/aromatic N) is 2. The molecule has 4 rings (SSSR count). The highest BCUT2D eigenvalue weighted by Gasteiger charge is 2.43. The molecule has 0 aliphatic carbocycles. The van der Waals surface area contributed by atoms with Gasteiger partial charge in [0.05, 0.1) is 25.0 Å². The number of benzene rings is 4. The molecule has 0 unspecified atom stereocenters. The number of aryl methyl sites for hydroxylation is 1. The van der Waals surface area contributed by atoms with E-state index in [1.54, 1.807) is 12.1 Å². The highest BCUT2D eigenvalue weighted by atomic mass is 32.3. The Morgan fingerprint density at radius 3 is 1.36 bits per heavy atom. The van der Waals surface area contributed by atoms with E-state index in [0.717, 1.165) is 38.0 Å². The van der Waals surface area contributed by atoms with Crippen molar-refractivity contribution in [2.45, 2.75) is 59.3 Å². The van der Waals surface area contributed by atoms with Gasteiger partial charge in [0, 0.05) is 39.6 Å². The average molecular weight is 608 g/mol. The van der Waals surface area contributed by atoms with Gasteiger partial charge in [-0.15, -0.1) is 8.42 Å². The van der Waals surface area contributed by atoms with E-state index < -0.39 is 20.4 Å². The fourth-order valence-electron chi connectivity index (χ4n) is 4.57. The summed E-state index contributed by atoms with van der Waals surface area (Å²) in [6, 6.07) is 30.8. The van der Waals surface area contributed by atoms with Crippen LogP contribution in [0.15, 0.2) is 117 Å². The lowest BCUT2D eigenvalue weighted by Crippen LogP contribution is -2.23. The van der Waals surface area contributed by atoms with Crippen LogP contribution in [0.4, 0.5) is 11.4 Å². The van der Waals surface area contributed by atoms with Crippen LogP contribution < -0.4 is 14.5 Å². The van der Waals surface area contributed by atoms with Gasteiger partial charge < -0.3 is 14.5 Å². The maximum absolute atomic E-state index is 14.2. The average Bonchev–Trinajstić information content (AvgIpc) is 2.95. The van der Waals surface area contributed by atoms with Gasteiger partial charge in [-0.3, -0.25) is 3.63 Å². The maximum Gasteiger partial charge on any atom is 0.422 e. The molecule has 4 aromatic rings. The van der Waals surface area contributed by atoms with Crippen LogP contribution in [0.3, 0.4) is 0 Å². The van der Waals surface area contributed by atoms with Crippen molar-refractivity contribution in [3.8, 4) is 5.75 Å². The molecule has 6 nitrogen and oxygen atoms in total. The van der Waals surface area contributed by atoms with Gasteiger partial charge in [-0.25, -0.2) is 0 Å². The number of ether oxygens (including phenoxy) is 1. The molecule has 0 bridgehead atoms. The normalized spacial score (nSPS) is 12.6. The van der Waals surface area contributed by atoms with E-state index in [0.29, 0.717) is 5.75 Å². The van der Waals surface area contributed by atoms with Crippen molar-refractivity contribution in [1.82, 2.24) is 0 Å². The zero-order valence-electron chi connectivity index (χ0n) is 25.8. The van der Waals surface area contributed by atoms with Crippen LogP contribution in [-0.2, 0) is 16.5 Å². The Hall–Kier alpha value is -3.46. The molecule has 0 radical (unpaired) electrons. The lowest BCUT2D eigenvalue weighted by atomic mass is 10.2. The fraction of sp³-hybridized carbons (Fsp3) is 0.294. The van der Waals surface area contributed by atoms with Gasteiger partial charge in [-0.1, -0.05) is 19.1 Å². The van der Waals surface area contributed by atoms with E-state index in [4.69, 9.17) is 8.37 Å². The first kappa shape index (κ1) is 31.5. The Kier molecular flexibility index (Phi) is 9.30. The quantitative estimate of drug-likeness (QED) is 0.134. The van der Waals surface area contributed by atoms with Crippen molar-refractivity contribution < 1.29 is 16.8 Å². The van der Waals surface area contributed by atoms with Crippen molar-refractivity contribution in [3.63, 3.8) is 0 Å². The molecule has 224 valence electrons. The van der Waals surface area contributed by atoms with Gasteiger partial charge >= 0.3 is 10.1 Å². The first-order valence-electron chi connectivity index (χ1n) is 14.0. The van der Waals surface area contributed by atoms with E-state index in [2.05, 4.69) is 0 Å². The van der Waals surface area contributed by atoms with Gasteiger partial charge in [0.2, 0.25) is 0 Å². The monoisotopic (exact) mass is 607 g/mol. The molecule has 4 aromatic carbocycles. The standard InChI is InChI=1S/C34H42N2O4S2/c1-9-26-10-18-33(19-11-26)42(37,38)40-41(30-20-12-27(13-21-30)35(5)6,31-22-14-28(15-23-31)36(7)8)32-24-16-29(17-25-32)39-34(2,3)4/h10-25H,9H2,1-8H3/p+1. The van der Waals surface area contributed by atoms with Crippen LogP contribution in [0.5, 0.6) is 5.75 Å². The van der Waals surface area contributed by atoms with Gasteiger partial charge in [0.25, 0.3) is 0 Å². The molecule has 0 aromatic heterocycles. The van der Waals surface area contributed by atoms with Crippen LogP contribution in [0.25, 0.3) is 0 Å². The Morgan fingerprint density at radius 2 is 1.00 bits per heavy atom. The topological polar surface area (TPSA) is 62.7 Å². The van der Waals surface area contributed by atoms with Crippen LogP contribution in [-0.4, -0.2) is 45.8 Å².